The third-order valence-electron chi connectivity index (χ3n) is 2.22. The van der Waals surface area contributed by atoms with Crippen LogP contribution in [0.1, 0.15) is 6.92 Å². The average Bonchev–Trinajstić information content (AvgIpc) is 2.22. The van der Waals surface area contributed by atoms with Gasteiger partial charge in [-0.05, 0) is 19.4 Å². The van der Waals surface area contributed by atoms with Crippen molar-refractivity contribution in [1.29, 1.82) is 0 Å². The van der Waals surface area contributed by atoms with Crippen molar-refractivity contribution in [2.75, 3.05) is 26.7 Å². The highest BCUT2D eigenvalue weighted by molar-refractivity contribution is 8.32. The zero-order valence-electron chi connectivity index (χ0n) is 11.1. The Morgan fingerprint density at radius 3 is 1.89 bits per heavy atom. The van der Waals surface area contributed by atoms with Gasteiger partial charge in [0.2, 0.25) is 0 Å². The lowest BCUT2D eigenvalue weighted by Crippen LogP contribution is -2.29. The first kappa shape index (κ1) is 18.4. The minimum atomic E-state index is -5.62. The van der Waals surface area contributed by atoms with Crippen LogP contribution in [0.3, 0.4) is 0 Å². The molecule has 1 unspecified atom stereocenters. The van der Waals surface area contributed by atoms with Crippen LogP contribution in [-0.2, 0) is 23.2 Å². The fourth-order valence-corrected chi connectivity index (χ4v) is 4.00. The molecule has 10 heteroatoms. The first-order valence-electron chi connectivity index (χ1n) is 4.91. The Kier molecular flexibility index (Phi) is 6.03. The molecule has 0 N–H and O–H groups in total. The van der Waals surface area contributed by atoms with Crippen molar-refractivity contribution in [2.45, 2.75) is 17.7 Å². The van der Waals surface area contributed by atoms with Crippen molar-refractivity contribution in [3.63, 3.8) is 0 Å². The summed E-state index contributed by atoms with van der Waals surface area (Å²) in [6.07, 6.45) is 3.97. The number of methoxy groups -OCH3 is 2. The van der Waals surface area contributed by atoms with Gasteiger partial charge in [0.05, 0.1) is 14.2 Å². The number of halogens is 3. The first-order chi connectivity index (χ1) is 8.37. The lowest BCUT2D eigenvalue weighted by atomic mass is 10.4. The number of rotatable bonds is 6. The zero-order chi connectivity index (χ0) is 15.5. The highest BCUT2D eigenvalue weighted by atomic mass is 32.3. The zero-order valence-corrected chi connectivity index (χ0v) is 12.8. The van der Waals surface area contributed by atoms with Crippen molar-refractivity contribution < 1.29 is 34.7 Å². The van der Waals surface area contributed by atoms with Crippen LogP contribution in [0.5, 0.6) is 0 Å². The maximum atomic E-state index is 12.3. The van der Waals surface area contributed by atoms with Gasteiger partial charge < -0.3 is 9.47 Å². The quantitative estimate of drug-likeness (QED) is 0.554. The van der Waals surface area contributed by atoms with Crippen molar-refractivity contribution >= 4 is 20.4 Å². The standard InChI is InChI=1S/C9H17F3O5S2/c1-7(6-8(15-2)16-3)18(4,5)17-19(13,14)9(10,11)12/h6-7H,1-5H3. The van der Waals surface area contributed by atoms with Gasteiger partial charge in [-0.2, -0.15) is 21.6 Å². The van der Waals surface area contributed by atoms with E-state index in [2.05, 4.69) is 3.63 Å². The maximum Gasteiger partial charge on any atom is 0.523 e. The summed E-state index contributed by atoms with van der Waals surface area (Å²) in [6, 6.07) is 0. The van der Waals surface area contributed by atoms with E-state index in [1.54, 1.807) is 0 Å². The fourth-order valence-electron chi connectivity index (χ4n) is 0.906. The number of hydrogen-bond acceptors (Lipinski definition) is 5. The highest BCUT2D eigenvalue weighted by Gasteiger charge is 2.50. The number of ether oxygens (including phenoxy) is 2. The maximum absolute atomic E-state index is 12.3. The molecule has 0 aromatic heterocycles. The molecule has 0 aliphatic rings. The second kappa shape index (κ2) is 6.23. The molecule has 5 nitrogen and oxygen atoms in total. The van der Waals surface area contributed by atoms with E-state index in [1.807, 2.05) is 0 Å². The monoisotopic (exact) mass is 326 g/mol. The molecule has 0 rings (SSSR count). The van der Waals surface area contributed by atoms with Crippen molar-refractivity contribution in [3.05, 3.63) is 12.0 Å². The van der Waals surface area contributed by atoms with Gasteiger partial charge in [0.1, 0.15) is 0 Å². The van der Waals surface area contributed by atoms with E-state index in [9.17, 15) is 21.6 Å². The van der Waals surface area contributed by atoms with Crippen molar-refractivity contribution in [3.8, 4) is 0 Å². The number of hydrogen-bond donors (Lipinski definition) is 0. The Morgan fingerprint density at radius 2 is 1.58 bits per heavy atom. The molecule has 116 valence electrons. The van der Waals surface area contributed by atoms with Gasteiger partial charge in [0.15, 0.2) is 0 Å². The molecule has 0 fully saturated rings. The van der Waals surface area contributed by atoms with E-state index >= 15 is 0 Å². The summed E-state index contributed by atoms with van der Waals surface area (Å²) in [6.45, 7) is 1.51. The van der Waals surface area contributed by atoms with Crippen LogP contribution >= 0.6 is 10.3 Å². The third kappa shape index (κ3) is 5.11. The summed E-state index contributed by atoms with van der Waals surface area (Å²) in [5.41, 5.74) is -5.44. The molecule has 0 aromatic carbocycles. The summed E-state index contributed by atoms with van der Waals surface area (Å²) in [5, 5.41) is -0.625. The average molecular weight is 326 g/mol. The predicted molar refractivity (Wildman–Crippen MR) is 67.1 cm³/mol. The van der Waals surface area contributed by atoms with E-state index in [-0.39, 0.29) is 5.95 Å². The Bertz CT molecular complexity index is 422. The molecule has 0 aliphatic carbocycles. The normalized spacial score (nSPS) is 15.6. The molecule has 0 amide bonds. The Morgan fingerprint density at radius 1 is 1.16 bits per heavy atom. The van der Waals surface area contributed by atoms with E-state index in [4.69, 9.17) is 9.47 Å². The molecule has 0 spiro atoms. The van der Waals surface area contributed by atoms with Crippen LogP contribution in [0.2, 0.25) is 0 Å². The Balaban J connectivity index is 5.15. The molecule has 19 heavy (non-hydrogen) atoms. The van der Waals surface area contributed by atoms with E-state index in [0.29, 0.717) is 0 Å². The Hall–Kier alpha value is -0.610. The van der Waals surface area contributed by atoms with Crippen LogP contribution in [0.25, 0.3) is 0 Å². The molecule has 0 heterocycles. The van der Waals surface area contributed by atoms with Crippen LogP contribution in [0.4, 0.5) is 13.2 Å². The van der Waals surface area contributed by atoms with Crippen LogP contribution < -0.4 is 0 Å². The van der Waals surface area contributed by atoms with Gasteiger partial charge in [0, 0.05) is 11.3 Å². The van der Waals surface area contributed by atoms with E-state index in [0.717, 1.165) is 0 Å². The molecule has 0 aromatic rings. The van der Waals surface area contributed by atoms with E-state index in [1.165, 1.54) is 39.7 Å². The minimum Gasteiger partial charge on any atom is -0.469 e. The summed E-state index contributed by atoms with van der Waals surface area (Å²) < 4.78 is 72.6. The first-order valence-corrected chi connectivity index (χ1v) is 8.76. The lowest BCUT2D eigenvalue weighted by molar-refractivity contribution is -0.0496. The smallest absolute Gasteiger partial charge is 0.469 e. The minimum absolute atomic E-state index is 0.0704. The predicted octanol–water partition coefficient (Wildman–Crippen LogP) is 2.35. The van der Waals surface area contributed by atoms with Crippen molar-refractivity contribution in [2.24, 2.45) is 0 Å². The van der Waals surface area contributed by atoms with Gasteiger partial charge in [-0.15, -0.1) is 10.3 Å². The van der Waals surface area contributed by atoms with Gasteiger partial charge in [-0.1, -0.05) is 0 Å². The summed E-state index contributed by atoms with van der Waals surface area (Å²) in [5.74, 6) is 0.0704. The number of alkyl halides is 3. The largest absolute Gasteiger partial charge is 0.523 e. The van der Waals surface area contributed by atoms with E-state index < -0.39 is 31.2 Å². The van der Waals surface area contributed by atoms with Crippen molar-refractivity contribution in [1.82, 2.24) is 0 Å². The van der Waals surface area contributed by atoms with Gasteiger partial charge in [-0.3, -0.25) is 0 Å². The van der Waals surface area contributed by atoms with Crippen LogP contribution in [0.15, 0.2) is 12.0 Å². The molecular weight excluding hydrogens is 309 g/mol. The lowest BCUT2D eigenvalue weighted by Gasteiger charge is -2.34. The molecule has 0 radical (unpaired) electrons. The van der Waals surface area contributed by atoms with Crippen LogP contribution in [-0.4, -0.2) is 45.9 Å². The molecule has 0 saturated heterocycles. The van der Waals surface area contributed by atoms with Crippen LogP contribution in [0, 0.1) is 0 Å². The summed E-state index contributed by atoms with van der Waals surface area (Å²) >= 11 is 0. The van der Waals surface area contributed by atoms with Gasteiger partial charge in [-0.25, -0.2) is 3.63 Å². The van der Waals surface area contributed by atoms with Gasteiger partial charge >= 0.3 is 15.6 Å². The second-order valence-corrected chi connectivity index (χ2v) is 9.15. The SMILES string of the molecule is COC(=CC(C)S(C)(C)OS(=O)(=O)C(F)(F)F)OC. The second-order valence-electron chi connectivity index (χ2n) is 3.88. The molecule has 0 bridgehead atoms. The third-order valence-corrected chi connectivity index (χ3v) is 6.83. The molecule has 1 atom stereocenters. The molecule has 0 aliphatic heterocycles. The van der Waals surface area contributed by atoms with Gasteiger partial charge in [0.25, 0.3) is 5.95 Å². The molecule has 0 saturated carbocycles. The summed E-state index contributed by atoms with van der Waals surface area (Å²) in [7, 11) is -5.55. The molecular formula is C9H17F3O5S2. The summed E-state index contributed by atoms with van der Waals surface area (Å²) in [4.78, 5) is 0. The topological polar surface area (TPSA) is 61.8 Å². The Labute approximate surface area is 112 Å². The fraction of sp³-hybridized carbons (Fsp3) is 0.778. The highest BCUT2D eigenvalue weighted by Crippen LogP contribution is 2.51.